The SMILES string of the molecule is CNC(=O)c1cccc(CNC(=O)c2cnn3c(C)cc(C)nc23)c1. The Morgan fingerprint density at radius 3 is 2.72 bits per heavy atom. The van der Waals surface area contributed by atoms with Gasteiger partial charge in [-0.3, -0.25) is 9.59 Å². The van der Waals surface area contributed by atoms with E-state index in [2.05, 4.69) is 20.7 Å². The maximum Gasteiger partial charge on any atom is 0.257 e. The van der Waals surface area contributed by atoms with Gasteiger partial charge in [-0.2, -0.15) is 5.10 Å². The second-order valence-corrected chi connectivity index (χ2v) is 5.79. The first-order valence-electron chi connectivity index (χ1n) is 7.91. The molecule has 0 aliphatic rings. The zero-order valence-corrected chi connectivity index (χ0v) is 14.3. The van der Waals surface area contributed by atoms with Crippen molar-refractivity contribution >= 4 is 17.5 Å². The van der Waals surface area contributed by atoms with E-state index in [1.54, 1.807) is 29.8 Å². The number of nitrogens with one attached hydrogen (secondary N) is 2. The third kappa shape index (κ3) is 3.35. The minimum Gasteiger partial charge on any atom is -0.355 e. The maximum absolute atomic E-state index is 12.5. The van der Waals surface area contributed by atoms with Crippen LogP contribution < -0.4 is 10.6 Å². The lowest BCUT2D eigenvalue weighted by Gasteiger charge is -2.07. The predicted octanol–water partition coefficient (Wildman–Crippen LogP) is 1.64. The van der Waals surface area contributed by atoms with E-state index in [1.165, 1.54) is 6.20 Å². The Kier molecular flexibility index (Phi) is 4.47. The highest BCUT2D eigenvalue weighted by Gasteiger charge is 2.15. The third-order valence-corrected chi connectivity index (χ3v) is 3.89. The van der Waals surface area contributed by atoms with Gasteiger partial charge in [-0.15, -0.1) is 0 Å². The van der Waals surface area contributed by atoms with Crippen molar-refractivity contribution in [1.82, 2.24) is 25.2 Å². The first-order chi connectivity index (χ1) is 12.0. The molecule has 3 rings (SSSR count). The number of amides is 2. The number of nitrogens with zero attached hydrogens (tertiary/aromatic N) is 3. The molecule has 2 aromatic heterocycles. The largest absolute Gasteiger partial charge is 0.355 e. The lowest BCUT2D eigenvalue weighted by molar-refractivity contribution is 0.0949. The van der Waals surface area contributed by atoms with Gasteiger partial charge in [0.25, 0.3) is 11.8 Å². The molecule has 25 heavy (non-hydrogen) atoms. The van der Waals surface area contributed by atoms with Gasteiger partial charge in [0, 0.05) is 30.5 Å². The molecule has 0 bridgehead atoms. The second-order valence-electron chi connectivity index (χ2n) is 5.79. The van der Waals surface area contributed by atoms with Crippen LogP contribution in [0.5, 0.6) is 0 Å². The zero-order valence-electron chi connectivity index (χ0n) is 14.3. The molecule has 0 aliphatic heterocycles. The molecular weight excluding hydrogens is 318 g/mol. The summed E-state index contributed by atoms with van der Waals surface area (Å²) in [5.41, 5.74) is 4.10. The molecule has 2 N–H and O–H groups in total. The molecule has 0 saturated heterocycles. The fourth-order valence-electron chi connectivity index (χ4n) is 2.68. The molecule has 0 saturated carbocycles. The summed E-state index contributed by atoms with van der Waals surface area (Å²) >= 11 is 0. The van der Waals surface area contributed by atoms with Gasteiger partial charge in [0.1, 0.15) is 5.56 Å². The molecular formula is C18H19N5O2. The molecule has 0 aliphatic carbocycles. The van der Waals surface area contributed by atoms with E-state index in [0.29, 0.717) is 23.3 Å². The van der Waals surface area contributed by atoms with Crippen LogP contribution in [-0.2, 0) is 6.54 Å². The van der Waals surface area contributed by atoms with Crippen LogP contribution in [0, 0.1) is 13.8 Å². The summed E-state index contributed by atoms with van der Waals surface area (Å²) in [5, 5.41) is 9.66. The van der Waals surface area contributed by atoms with Crippen molar-refractivity contribution in [3.05, 3.63) is 64.6 Å². The standard InChI is InChI=1S/C18H19N5O2/c1-11-7-12(2)23-16(22-11)15(10-21-23)18(25)20-9-13-5-4-6-14(8-13)17(24)19-3/h4-8,10H,9H2,1-3H3,(H,19,24)(H,20,25). The van der Waals surface area contributed by atoms with Crippen LogP contribution in [0.2, 0.25) is 0 Å². The van der Waals surface area contributed by atoms with E-state index in [-0.39, 0.29) is 11.8 Å². The van der Waals surface area contributed by atoms with Gasteiger partial charge in [0.15, 0.2) is 5.65 Å². The number of aryl methyl sites for hydroxylation is 2. The lowest BCUT2D eigenvalue weighted by Crippen LogP contribution is -2.23. The molecule has 1 aromatic carbocycles. The summed E-state index contributed by atoms with van der Waals surface area (Å²) < 4.78 is 1.65. The van der Waals surface area contributed by atoms with Gasteiger partial charge in [-0.1, -0.05) is 12.1 Å². The molecule has 0 spiro atoms. The highest BCUT2D eigenvalue weighted by Crippen LogP contribution is 2.12. The van der Waals surface area contributed by atoms with Crippen LogP contribution in [0.3, 0.4) is 0 Å². The molecule has 128 valence electrons. The normalized spacial score (nSPS) is 10.7. The number of benzene rings is 1. The number of rotatable bonds is 4. The molecule has 0 atom stereocenters. The minimum absolute atomic E-state index is 0.161. The number of hydrogen-bond acceptors (Lipinski definition) is 4. The lowest BCUT2D eigenvalue weighted by atomic mass is 10.1. The van der Waals surface area contributed by atoms with Gasteiger partial charge >= 0.3 is 0 Å². The van der Waals surface area contributed by atoms with Crippen molar-refractivity contribution in [2.24, 2.45) is 0 Å². The molecule has 0 unspecified atom stereocenters. The molecule has 2 amide bonds. The van der Waals surface area contributed by atoms with Gasteiger partial charge in [-0.25, -0.2) is 9.50 Å². The smallest absolute Gasteiger partial charge is 0.257 e. The summed E-state index contributed by atoms with van der Waals surface area (Å²) in [6.45, 7) is 4.11. The van der Waals surface area contributed by atoms with E-state index in [1.807, 2.05) is 26.0 Å². The molecule has 7 nitrogen and oxygen atoms in total. The van der Waals surface area contributed by atoms with Crippen molar-refractivity contribution in [1.29, 1.82) is 0 Å². The maximum atomic E-state index is 12.5. The van der Waals surface area contributed by atoms with E-state index >= 15 is 0 Å². The number of carbonyl (C=O) groups is 2. The van der Waals surface area contributed by atoms with Crippen LogP contribution in [-0.4, -0.2) is 33.5 Å². The zero-order chi connectivity index (χ0) is 18.0. The van der Waals surface area contributed by atoms with Gasteiger partial charge < -0.3 is 10.6 Å². The first kappa shape index (κ1) is 16.6. The Bertz CT molecular complexity index is 961. The molecule has 3 aromatic rings. The summed E-state index contributed by atoms with van der Waals surface area (Å²) in [6.07, 6.45) is 1.52. The number of hydrogen-bond donors (Lipinski definition) is 2. The molecule has 0 fully saturated rings. The highest BCUT2D eigenvalue weighted by molar-refractivity contribution is 5.99. The van der Waals surface area contributed by atoms with E-state index < -0.39 is 0 Å². The molecule has 2 heterocycles. The molecule has 0 radical (unpaired) electrons. The minimum atomic E-state index is -0.252. The van der Waals surface area contributed by atoms with Crippen molar-refractivity contribution in [2.45, 2.75) is 20.4 Å². The number of aromatic nitrogens is 3. The van der Waals surface area contributed by atoms with Crippen LogP contribution in [0.25, 0.3) is 5.65 Å². The van der Waals surface area contributed by atoms with Crippen LogP contribution in [0.4, 0.5) is 0 Å². The van der Waals surface area contributed by atoms with Gasteiger partial charge in [-0.05, 0) is 37.6 Å². The Hall–Kier alpha value is -3.22. The average Bonchev–Trinajstić information content (AvgIpc) is 3.03. The van der Waals surface area contributed by atoms with Crippen molar-refractivity contribution in [2.75, 3.05) is 7.05 Å². The van der Waals surface area contributed by atoms with E-state index in [0.717, 1.165) is 17.0 Å². The summed E-state index contributed by atoms with van der Waals surface area (Å²) in [4.78, 5) is 28.6. The quantitative estimate of drug-likeness (QED) is 0.757. The Labute approximate surface area is 145 Å². The average molecular weight is 337 g/mol. The Morgan fingerprint density at radius 2 is 1.96 bits per heavy atom. The number of fused-ring (bicyclic) bond motifs is 1. The summed E-state index contributed by atoms with van der Waals surface area (Å²) in [7, 11) is 1.58. The van der Waals surface area contributed by atoms with E-state index in [4.69, 9.17) is 0 Å². The Morgan fingerprint density at radius 1 is 1.16 bits per heavy atom. The first-order valence-corrected chi connectivity index (χ1v) is 7.91. The topological polar surface area (TPSA) is 88.4 Å². The van der Waals surface area contributed by atoms with Gasteiger partial charge in [0.05, 0.1) is 6.20 Å². The van der Waals surface area contributed by atoms with Crippen LogP contribution >= 0.6 is 0 Å². The molecule has 7 heteroatoms. The summed E-state index contributed by atoms with van der Waals surface area (Å²) in [5.74, 6) is -0.413. The number of carbonyl (C=O) groups excluding carboxylic acids is 2. The highest BCUT2D eigenvalue weighted by atomic mass is 16.2. The van der Waals surface area contributed by atoms with Crippen molar-refractivity contribution in [3.63, 3.8) is 0 Å². The summed E-state index contributed by atoms with van der Waals surface area (Å²) in [6, 6.07) is 9.03. The van der Waals surface area contributed by atoms with Crippen LogP contribution in [0.1, 0.15) is 37.7 Å². The third-order valence-electron chi connectivity index (χ3n) is 3.89. The van der Waals surface area contributed by atoms with E-state index in [9.17, 15) is 9.59 Å². The fraction of sp³-hybridized carbons (Fsp3) is 0.222. The van der Waals surface area contributed by atoms with Crippen LogP contribution in [0.15, 0.2) is 36.5 Å². The van der Waals surface area contributed by atoms with Crippen molar-refractivity contribution < 1.29 is 9.59 Å². The monoisotopic (exact) mass is 337 g/mol. The second kappa shape index (κ2) is 6.72. The van der Waals surface area contributed by atoms with Crippen molar-refractivity contribution in [3.8, 4) is 0 Å². The fourth-order valence-corrected chi connectivity index (χ4v) is 2.68. The predicted molar refractivity (Wildman–Crippen MR) is 93.5 cm³/mol. The Balaban J connectivity index is 1.79. The van der Waals surface area contributed by atoms with Gasteiger partial charge in [0.2, 0.25) is 0 Å².